The molecule has 1 fully saturated rings. The lowest BCUT2D eigenvalue weighted by Crippen LogP contribution is -2.25. The van der Waals surface area contributed by atoms with Gasteiger partial charge in [0.2, 0.25) is 5.91 Å². The van der Waals surface area contributed by atoms with Crippen LogP contribution >= 0.6 is 34.2 Å². The molecule has 0 radical (unpaired) electrons. The van der Waals surface area contributed by atoms with E-state index in [1.165, 1.54) is 0 Å². The van der Waals surface area contributed by atoms with Gasteiger partial charge in [0, 0.05) is 28.6 Å². The van der Waals surface area contributed by atoms with Gasteiger partial charge in [0.25, 0.3) is 0 Å². The van der Waals surface area contributed by atoms with Crippen molar-refractivity contribution in [3.8, 4) is 0 Å². The fraction of sp³-hybridized carbons (Fsp3) is 0.455. The number of hydrogen-bond acceptors (Lipinski definition) is 2. The minimum atomic E-state index is 0.124. The number of anilines is 1. The van der Waals surface area contributed by atoms with Gasteiger partial charge in [-0.3, -0.25) is 9.69 Å². The highest BCUT2D eigenvalue weighted by Crippen LogP contribution is 2.25. The minimum Gasteiger partial charge on any atom is -0.296 e. The maximum atomic E-state index is 11.8. The Labute approximate surface area is 113 Å². The van der Waals surface area contributed by atoms with Crippen molar-refractivity contribution in [1.82, 2.24) is 4.98 Å². The molecular weight excluding hydrogens is 338 g/mol. The van der Waals surface area contributed by atoms with Crippen molar-refractivity contribution < 1.29 is 4.79 Å². The fourth-order valence-electron chi connectivity index (χ4n) is 1.78. The Kier molecular flexibility index (Phi) is 3.69. The fourth-order valence-corrected chi connectivity index (χ4v) is 2.28. The van der Waals surface area contributed by atoms with E-state index in [1.54, 1.807) is 11.1 Å². The van der Waals surface area contributed by atoms with Crippen molar-refractivity contribution in [3.05, 3.63) is 21.4 Å². The molecule has 0 N–H and O–H groups in total. The maximum absolute atomic E-state index is 11.8. The quantitative estimate of drug-likeness (QED) is 0.607. The highest BCUT2D eigenvalue weighted by Gasteiger charge is 2.30. The molecule has 0 aliphatic carbocycles. The van der Waals surface area contributed by atoms with E-state index in [4.69, 9.17) is 11.6 Å². The Hall–Kier alpha value is -0.360. The van der Waals surface area contributed by atoms with Crippen LogP contribution in [0.3, 0.4) is 0 Å². The highest BCUT2D eigenvalue weighted by atomic mass is 127. The number of amides is 1. The summed E-state index contributed by atoms with van der Waals surface area (Å²) < 4.78 is 1.11. The van der Waals surface area contributed by atoms with Gasteiger partial charge < -0.3 is 0 Å². The van der Waals surface area contributed by atoms with E-state index >= 15 is 0 Å². The van der Waals surface area contributed by atoms with Crippen LogP contribution in [0.2, 0.25) is 0 Å². The first kappa shape index (κ1) is 12.1. The number of alkyl halides is 1. The van der Waals surface area contributed by atoms with E-state index in [9.17, 15) is 4.79 Å². The highest BCUT2D eigenvalue weighted by molar-refractivity contribution is 14.1. The number of hydrogen-bond donors (Lipinski definition) is 0. The number of aromatic nitrogens is 1. The molecule has 0 aromatic carbocycles. The summed E-state index contributed by atoms with van der Waals surface area (Å²) >= 11 is 8.02. The standard InChI is InChI=1S/C11H12ClIN2O/c1-7-2-10(14-5-9(7)13)15-6-8(4-12)3-11(15)16/h2,5,8H,3-4,6H2,1H3. The predicted octanol–water partition coefficient (Wildman–Crippen LogP) is 2.59. The second kappa shape index (κ2) is 4.87. The molecule has 0 bridgehead atoms. The van der Waals surface area contributed by atoms with Crippen molar-refractivity contribution in [3.63, 3.8) is 0 Å². The first-order valence-electron chi connectivity index (χ1n) is 5.10. The first-order chi connectivity index (χ1) is 7.61. The van der Waals surface area contributed by atoms with Gasteiger partial charge in [-0.25, -0.2) is 4.98 Å². The van der Waals surface area contributed by atoms with Gasteiger partial charge in [-0.2, -0.15) is 0 Å². The van der Waals surface area contributed by atoms with Crippen LogP contribution in [0, 0.1) is 16.4 Å². The van der Waals surface area contributed by atoms with Crippen LogP contribution in [0.25, 0.3) is 0 Å². The molecule has 2 rings (SSSR count). The summed E-state index contributed by atoms with van der Waals surface area (Å²) in [5, 5.41) is 0. The predicted molar refractivity (Wildman–Crippen MR) is 72.9 cm³/mol. The molecule has 1 unspecified atom stereocenters. The number of carbonyl (C=O) groups is 1. The molecule has 1 aromatic rings. The van der Waals surface area contributed by atoms with E-state index in [2.05, 4.69) is 27.6 Å². The van der Waals surface area contributed by atoms with E-state index in [-0.39, 0.29) is 11.8 Å². The Balaban J connectivity index is 2.24. The van der Waals surface area contributed by atoms with Crippen molar-refractivity contribution in [2.75, 3.05) is 17.3 Å². The van der Waals surface area contributed by atoms with Gasteiger partial charge >= 0.3 is 0 Å². The Morgan fingerprint density at radius 2 is 2.44 bits per heavy atom. The molecule has 1 atom stereocenters. The Morgan fingerprint density at radius 1 is 1.69 bits per heavy atom. The van der Waals surface area contributed by atoms with Gasteiger partial charge in [-0.1, -0.05) is 0 Å². The first-order valence-corrected chi connectivity index (χ1v) is 6.71. The maximum Gasteiger partial charge on any atom is 0.228 e. The smallest absolute Gasteiger partial charge is 0.228 e. The molecule has 1 amide bonds. The number of rotatable bonds is 2. The largest absolute Gasteiger partial charge is 0.296 e. The molecule has 0 spiro atoms. The average molecular weight is 351 g/mol. The van der Waals surface area contributed by atoms with E-state index in [1.807, 2.05) is 13.0 Å². The summed E-state index contributed by atoms with van der Waals surface area (Å²) in [6, 6.07) is 1.95. The van der Waals surface area contributed by atoms with E-state index < -0.39 is 0 Å². The normalized spacial score (nSPS) is 20.6. The summed E-state index contributed by atoms with van der Waals surface area (Å²) in [7, 11) is 0. The van der Waals surface area contributed by atoms with Gasteiger partial charge in [0.05, 0.1) is 0 Å². The van der Waals surface area contributed by atoms with Crippen LogP contribution in [0.4, 0.5) is 5.82 Å². The Morgan fingerprint density at radius 3 is 3.00 bits per heavy atom. The summed E-state index contributed by atoms with van der Waals surface area (Å²) in [5.41, 5.74) is 1.15. The SMILES string of the molecule is Cc1cc(N2CC(CCl)CC2=O)ncc1I. The summed E-state index contributed by atoms with van der Waals surface area (Å²) in [4.78, 5) is 17.8. The van der Waals surface area contributed by atoms with E-state index in [0.717, 1.165) is 15.0 Å². The van der Waals surface area contributed by atoms with Crippen LogP contribution in [0.15, 0.2) is 12.3 Å². The van der Waals surface area contributed by atoms with Crippen LogP contribution in [0.1, 0.15) is 12.0 Å². The van der Waals surface area contributed by atoms with Crippen LogP contribution < -0.4 is 4.90 Å². The Bertz CT molecular complexity index is 424. The third-order valence-corrected chi connectivity index (χ3v) is 4.30. The molecule has 1 aliphatic rings. The minimum absolute atomic E-state index is 0.124. The third kappa shape index (κ3) is 2.32. The lowest BCUT2D eigenvalue weighted by molar-refractivity contribution is -0.117. The van der Waals surface area contributed by atoms with Gasteiger partial charge in [-0.15, -0.1) is 11.6 Å². The zero-order valence-corrected chi connectivity index (χ0v) is 11.8. The summed E-state index contributed by atoms with van der Waals surface area (Å²) in [6.07, 6.45) is 2.34. The van der Waals surface area contributed by atoms with Gasteiger partial charge in [-0.05, 0) is 47.1 Å². The lowest BCUT2D eigenvalue weighted by Gasteiger charge is -2.15. The monoisotopic (exact) mass is 350 g/mol. The van der Waals surface area contributed by atoms with Gasteiger partial charge in [0.1, 0.15) is 5.82 Å². The number of aryl methyl sites for hydroxylation is 1. The summed E-state index contributed by atoms with van der Waals surface area (Å²) in [5.74, 6) is 1.66. The number of pyridine rings is 1. The molecule has 2 heterocycles. The van der Waals surface area contributed by atoms with Gasteiger partial charge in [0.15, 0.2) is 0 Å². The third-order valence-electron chi connectivity index (χ3n) is 2.73. The van der Waals surface area contributed by atoms with Crippen molar-refractivity contribution in [2.45, 2.75) is 13.3 Å². The van der Waals surface area contributed by atoms with Crippen LogP contribution in [-0.4, -0.2) is 23.3 Å². The molecule has 3 nitrogen and oxygen atoms in total. The molecule has 5 heteroatoms. The van der Waals surface area contributed by atoms with Crippen molar-refractivity contribution in [2.24, 2.45) is 5.92 Å². The zero-order valence-electron chi connectivity index (χ0n) is 8.91. The molecule has 1 saturated heterocycles. The van der Waals surface area contributed by atoms with Crippen molar-refractivity contribution >= 4 is 45.9 Å². The lowest BCUT2D eigenvalue weighted by atomic mass is 10.1. The topological polar surface area (TPSA) is 33.2 Å². The summed E-state index contributed by atoms with van der Waals surface area (Å²) in [6.45, 7) is 2.71. The average Bonchev–Trinajstić information content (AvgIpc) is 2.64. The number of carbonyl (C=O) groups excluding carboxylic acids is 1. The number of halogens is 2. The van der Waals surface area contributed by atoms with Crippen molar-refractivity contribution in [1.29, 1.82) is 0 Å². The van der Waals surface area contributed by atoms with E-state index in [0.29, 0.717) is 18.8 Å². The number of nitrogens with zero attached hydrogens (tertiary/aromatic N) is 2. The van der Waals surface area contributed by atoms with Crippen LogP contribution in [-0.2, 0) is 4.79 Å². The molecule has 16 heavy (non-hydrogen) atoms. The molecule has 1 aliphatic heterocycles. The molecule has 0 saturated carbocycles. The zero-order chi connectivity index (χ0) is 11.7. The second-order valence-electron chi connectivity index (χ2n) is 4.02. The molecular formula is C11H12ClIN2O. The molecule has 86 valence electrons. The second-order valence-corrected chi connectivity index (χ2v) is 5.49. The van der Waals surface area contributed by atoms with Crippen LogP contribution in [0.5, 0.6) is 0 Å². The molecule has 1 aromatic heterocycles.